The zero-order valence-corrected chi connectivity index (χ0v) is 11.5. The first-order chi connectivity index (χ1) is 9.99. The molecule has 0 aliphatic carbocycles. The highest BCUT2D eigenvalue weighted by molar-refractivity contribution is 6.34. The van der Waals surface area contributed by atoms with E-state index in [0.29, 0.717) is 12.2 Å². The van der Waals surface area contributed by atoms with Gasteiger partial charge in [-0.15, -0.1) is 0 Å². The lowest BCUT2D eigenvalue weighted by molar-refractivity contribution is -0.138. The highest BCUT2D eigenvalue weighted by Crippen LogP contribution is 2.19. The largest absolute Gasteiger partial charge is 0.493 e. The summed E-state index contributed by atoms with van der Waals surface area (Å²) in [5, 5.41) is 14.8. The molecule has 0 heterocycles. The van der Waals surface area contributed by atoms with E-state index in [1.165, 1.54) is 25.4 Å². The van der Waals surface area contributed by atoms with Gasteiger partial charge in [0.1, 0.15) is 11.3 Å². The number of benzene rings is 1. The molecule has 8 nitrogen and oxygen atoms in total. The van der Waals surface area contributed by atoms with Crippen molar-refractivity contribution in [3.63, 3.8) is 0 Å². The average molecular weight is 293 g/mol. The van der Waals surface area contributed by atoms with E-state index < -0.39 is 17.8 Å². The van der Waals surface area contributed by atoms with E-state index in [0.717, 1.165) is 0 Å². The van der Waals surface area contributed by atoms with Crippen molar-refractivity contribution in [3.05, 3.63) is 29.3 Å². The van der Waals surface area contributed by atoms with Crippen molar-refractivity contribution in [2.45, 2.75) is 6.92 Å². The Hall–Kier alpha value is -2.90. The molecule has 21 heavy (non-hydrogen) atoms. The van der Waals surface area contributed by atoms with Crippen LogP contribution >= 0.6 is 0 Å². The molecule has 2 amide bonds. The van der Waals surface area contributed by atoms with E-state index in [1.54, 1.807) is 13.0 Å². The Morgan fingerprint density at radius 3 is 2.62 bits per heavy atom. The third-order valence-electron chi connectivity index (χ3n) is 2.35. The molecule has 0 unspecified atom stereocenters. The summed E-state index contributed by atoms with van der Waals surface area (Å²) in [6, 6.07) is 4.42. The van der Waals surface area contributed by atoms with Crippen molar-refractivity contribution >= 4 is 24.0 Å². The third-order valence-corrected chi connectivity index (χ3v) is 2.35. The maximum atomic E-state index is 11.1. The van der Waals surface area contributed by atoms with Crippen molar-refractivity contribution in [1.29, 1.82) is 0 Å². The molecule has 112 valence electrons. The number of ether oxygens (including phenoxy) is 1. The summed E-state index contributed by atoms with van der Waals surface area (Å²) < 4.78 is 5.19. The fraction of sp³-hybridized carbons (Fsp3) is 0.231. The minimum absolute atomic E-state index is 0.0153. The van der Waals surface area contributed by atoms with Crippen molar-refractivity contribution in [1.82, 2.24) is 10.7 Å². The maximum Gasteiger partial charge on any atom is 0.339 e. The Morgan fingerprint density at radius 2 is 2.05 bits per heavy atom. The lowest BCUT2D eigenvalue weighted by atomic mass is 10.1. The maximum absolute atomic E-state index is 11.1. The Bertz CT molecular complexity index is 583. The van der Waals surface area contributed by atoms with E-state index >= 15 is 0 Å². The quantitative estimate of drug-likeness (QED) is 0.400. The van der Waals surface area contributed by atoms with E-state index in [2.05, 4.69) is 10.4 Å². The van der Waals surface area contributed by atoms with Gasteiger partial charge in [0.25, 0.3) is 0 Å². The molecule has 0 saturated heterocycles. The number of aromatic carboxylic acids is 1. The Morgan fingerprint density at radius 1 is 1.33 bits per heavy atom. The third kappa shape index (κ3) is 4.60. The first-order valence-corrected chi connectivity index (χ1v) is 6.04. The van der Waals surface area contributed by atoms with Crippen LogP contribution in [0, 0.1) is 0 Å². The summed E-state index contributed by atoms with van der Waals surface area (Å²) >= 11 is 0. The highest BCUT2D eigenvalue weighted by Gasteiger charge is 2.12. The van der Waals surface area contributed by atoms with Crippen molar-refractivity contribution in [3.8, 4) is 5.75 Å². The molecule has 0 aliphatic heterocycles. The van der Waals surface area contributed by atoms with Gasteiger partial charge in [-0.1, -0.05) is 0 Å². The number of carboxylic acid groups (broad SMARTS) is 1. The number of hydrogen-bond donors (Lipinski definition) is 3. The Labute approximate surface area is 120 Å². The molecule has 0 fully saturated rings. The molecular weight excluding hydrogens is 278 g/mol. The first kappa shape index (κ1) is 16.2. The minimum atomic E-state index is -1.14. The van der Waals surface area contributed by atoms with Gasteiger partial charge >= 0.3 is 17.8 Å². The van der Waals surface area contributed by atoms with Gasteiger partial charge in [-0.3, -0.25) is 9.59 Å². The van der Waals surface area contributed by atoms with Crippen LogP contribution in [0.25, 0.3) is 0 Å². The van der Waals surface area contributed by atoms with E-state index in [4.69, 9.17) is 9.84 Å². The van der Waals surface area contributed by atoms with Gasteiger partial charge in [0.15, 0.2) is 0 Å². The van der Waals surface area contributed by atoms with Gasteiger partial charge in [-0.25, -0.2) is 10.2 Å². The second-order valence-electron chi connectivity index (χ2n) is 3.77. The van der Waals surface area contributed by atoms with Crippen molar-refractivity contribution < 1.29 is 24.2 Å². The molecular formula is C13H15N3O5. The normalized spacial score (nSPS) is 10.2. The molecule has 1 aromatic rings. The lowest BCUT2D eigenvalue weighted by Gasteiger charge is -2.07. The number of amides is 2. The monoisotopic (exact) mass is 293 g/mol. The van der Waals surface area contributed by atoms with Crippen LogP contribution in [-0.4, -0.2) is 42.8 Å². The highest BCUT2D eigenvalue weighted by atomic mass is 16.5. The van der Waals surface area contributed by atoms with Gasteiger partial charge in [-0.05, 0) is 30.7 Å². The predicted octanol–water partition coefficient (Wildman–Crippen LogP) is -0.0204. The summed E-state index contributed by atoms with van der Waals surface area (Å²) in [7, 11) is 1.32. The summed E-state index contributed by atoms with van der Waals surface area (Å²) in [5.74, 6) is -2.64. The summed E-state index contributed by atoms with van der Waals surface area (Å²) in [6.45, 7) is 2.09. The molecule has 0 bridgehead atoms. The summed E-state index contributed by atoms with van der Waals surface area (Å²) in [6.07, 6.45) is 1.23. The predicted molar refractivity (Wildman–Crippen MR) is 74.4 cm³/mol. The number of nitrogens with zero attached hydrogens (tertiary/aromatic N) is 1. The minimum Gasteiger partial charge on any atom is -0.493 e. The van der Waals surface area contributed by atoms with E-state index in [9.17, 15) is 14.4 Å². The zero-order valence-electron chi connectivity index (χ0n) is 11.5. The second-order valence-corrected chi connectivity index (χ2v) is 3.77. The van der Waals surface area contributed by atoms with Gasteiger partial charge in [0.05, 0.1) is 12.8 Å². The Balaban J connectivity index is 2.85. The lowest BCUT2D eigenvalue weighted by Crippen LogP contribution is -2.35. The standard InChI is InChI=1S/C13H15N3O5/c1-3-21-10-5-4-8(6-9(10)13(19)20)7-15-16-12(18)11(17)14-2/h4-7H,3H2,1-2H3,(H,14,17)(H,16,18)(H,19,20)/b15-7-. The molecule has 1 rings (SSSR count). The molecule has 0 aromatic heterocycles. The van der Waals surface area contributed by atoms with Crippen LogP contribution in [0.1, 0.15) is 22.8 Å². The van der Waals surface area contributed by atoms with Gasteiger partial charge in [0.2, 0.25) is 0 Å². The number of rotatable bonds is 5. The molecule has 1 aromatic carbocycles. The van der Waals surface area contributed by atoms with Crippen LogP contribution < -0.4 is 15.5 Å². The molecule has 0 radical (unpaired) electrons. The number of likely N-dealkylation sites (N-methyl/N-ethyl adjacent to an activating group) is 1. The van der Waals surface area contributed by atoms with Crippen molar-refractivity contribution in [2.24, 2.45) is 5.10 Å². The molecule has 0 spiro atoms. The number of hydrazone groups is 1. The fourth-order valence-electron chi connectivity index (χ4n) is 1.41. The van der Waals surface area contributed by atoms with E-state index in [1.807, 2.05) is 5.43 Å². The topological polar surface area (TPSA) is 117 Å². The number of nitrogens with one attached hydrogen (secondary N) is 2. The molecule has 0 aliphatic rings. The van der Waals surface area contributed by atoms with Gasteiger partial charge in [-0.2, -0.15) is 5.10 Å². The molecule has 8 heteroatoms. The summed E-state index contributed by atoms with van der Waals surface area (Å²) in [4.78, 5) is 33.2. The van der Waals surface area contributed by atoms with Crippen LogP contribution in [0.2, 0.25) is 0 Å². The van der Waals surface area contributed by atoms with E-state index in [-0.39, 0.29) is 11.3 Å². The van der Waals surface area contributed by atoms with Crippen molar-refractivity contribution in [2.75, 3.05) is 13.7 Å². The Kier molecular flexibility index (Phi) is 5.87. The van der Waals surface area contributed by atoms with Crippen LogP contribution in [0.5, 0.6) is 5.75 Å². The smallest absolute Gasteiger partial charge is 0.339 e. The van der Waals surface area contributed by atoms with Crippen LogP contribution in [-0.2, 0) is 9.59 Å². The summed E-state index contributed by atoms with van der Waals surface area (Å²) in [5.41, 5.74) is 2.43. The van der Waals surface area contributed by atoms with Crippen LogP contribution in [0.3, 0.4) is 0 Å². The van der Waals surface area contributed by atoms with Gasteiger partial charge in [0, 0.05) is 7.05 Å². The number of carbonyl (C=O) groups is 3. The number of carbonyl (C=O) groups excluding carboxylic acids is 2. The molecule has 3 N–H and O–H groups in total. The first-order valence-electron chi connectivity index (χ1n) is 6.04. The van der Waals surface area contributed by atoms with Crippen LogP contribution in [0.15, 0.2) is 23.3 Å². The van der Waals surface area contributed by atoms with Crippen LogP contribution in [0.4, 0.5) is 0 Å². The number of carboxylic acids is 1. The second kappa shape index (κ2) is 7.63. The average Bonchev–Trinajstić information content (AvgIpc) is 2.47. The molecule has 0 atom stereocenters. The number of hydrogen-bond acceptors (Lipinski definition) is 5. The SMILES string of the molecule is CCOc1ccc(/C=N\NC(=O)C(=O)NC)cc1C(=O)O. The molecule has 0 saturated carbocycles. The zero-order chi connectivity index (χ0) is 15.8. The fourth-order valence-corrected chi connectivity index (χ4v) is 1.41. The van der Waals surface area contributed by atoms with Gasteiger partial charge < -0.3 is 15.2 Å².